The Bertz CT molecular complexity index is 338. The van der Waals surface area contributed by atoms with Crippen molar-refractivity contribution in [3.8, 4) is 0 Å². The van der Waals surface area contributed by atoms with Crippen LogP contribution in [0.5, 0.6) is 0 Å². The summed E-state index contributed by atoms with van der Waals surface area (Å²) in [7, 11) is 0. The van der Waals surface area contributed by atoms with Crippen molar-refractivity contribution >= 4 is 0 Å². The highest BCUT2D eigenvalue weighted by molar-refractivity contribution is 5.22. The summed E-state index contributed by atoms with van der Waals surface area (Å²) in [6.45, 7) is 1.74. The highest BCUT2D eigenvalue weighted by atomic mass is 19.1. The molecule has 0 spiro atoms. The first-order valence-electron chi connectivity index (χ1n) is 5.83. The summed E-state index contributed by atoms with van der Waals surface area (Å²) in [5.74, 6) is 0.520. The summed E-state index contributed by atoms with van der Waals surface area (Å²) in [6, 6.07) is 6.78. The van der Waals surface area contributed by atoms with Crippen LogP contribution < -0.4 is 5.73 Å². The van der Waals surface area contributed by atoms with Crippen LogP contribution in [0.15, 0.2) is 24.3 Å². The number of hydrogen-bond acceptors (Lipinski definition) is 2. The van der Waals surface area contributed by atoms with Gasteiger partial charge in [0.1, 0.15) is 5.82 Å². The lowest BCUT2D eigenvalue weighted by Gasteiger charge is -2.16. The van der Waals surface area contributed by atoms with Gasteiger partial charge in [-0.1, -0.05) is 18.2 Å². The molecule has 1 saturated carbocycles. The van der Waals surface area contributed by atoms with Gasteiger partial charge in [0.15, 0.2) is 0 Å². The van der Waals surface area contributed by atoms with Gasteiger partial charge in [0.2, 0.25) is 0 Å². The molecule has 2 N–H and O–H groups in total. The molecule has 0 amide bonds. The molecular formula is C13H18FNO. The molecule has 1 fully saturated rings. The third kappa shape index (κ3) is 3.03. The molecule has 1 unspecified atom stereocenters. The zero-order chi connectivity index (χ0) is 11.4. The molecule has 2 nitrogen and oxygen atoms in total. The van der Waals surface area contributed by atoms with Crippen LogP contribution in [0.3, 0.4) is 0 Å². The van der Waals surface area contributed by atoms with Crippen molar-refractivity contribution in [2.45, 2.75) is 18.8 Å². The Kier molecular flexibility index (Phi) is 3.91. The summed E-state index contributed by atoms with van der Waals surface area (Å²) < 4.78 is 19.1. The van der Waals surface area contributed by atoms with E-state index in [4.69, 9.17) is 10.5 Å². The van der Waals surface area contributed by atoms with Crippen LogP contribution in [0.25, 0.3) is 0 Å². The van der Waals surface area contributed by atoms with Crippen LogP contribution in [-0.2, 0) is 4.74 Å². The van der Waals surface area contributed by atoms with Gasteiger partial charge in [-0.3, -0.25) is 0 Å². The molecule has 0 aliphatic heterocycles. The summed E-state index contributed by atoms with van der Waals surface area (Å²) in [5.41, 5.74) is 6.33. The molecule has 0 radical (unpaired) electrons. The number of benzene rings is 1. The third-order valence-electron chi connectivity index (χ3n) is 3.00. The molecule has 1 aromatic rings. The van der Waals surface area contributed by atoms with Gasteiger partial charge in [0.05, 0.1) is 6.61 Å². The number of halogens is 1. The summed E-state index contributed by atoms with van der Waals surface area (Å²) in [5, 5.41) is 0. The highest BCUT2D eigenvalue weighted by Crippen LogP contribution is 2.29. The number of ether oxygens (including phenoxy) is 1. The third-order valence-corrected chi connectivity index (χ3v) is 3.00. The van der Waals surface area contributed by atoms with Crippen molar-refractivity contribution in [1.82, 2.24) is 0 Å². The van der Waals surface area contributed by atoms with Crippen LogP contribution in [0.4, 0.5) is 4.39 Å². The van der Waals surface area contributed by atoms with Crippen molar-refractivity contribution in [1.29, 1.82) is 0 Å². The van der Waals surface area contributed by atoms with Gasteiger partial charge >= 0.3 is 0 Å². The average Bonchev–Trinajstić information content (AvgIpc) is 3.10. The molecular weight excluding hydrogens is 205 g/mol. The van der Waals surface area contributed by atoms with E-state index in [9.17, 15) is 4.39 Å². The maximum Gasteiger partial charge on any atom is 0.126 e. The first kappa shape index (κ1) is 11.6. The van der Waals surface area contributed by atoms with Crippen molar-refractivity contribution in [2.75, 3.05) is 19.8 Å². The Morgan fingerprint density at radius 3 is 2.75 bits per heavy atom. The topological polar surface area (TPSA) is 35.2 Å². The minimum absolute atomic E-state index is 0.0278. The normalized spacial score (nSPS) is 17.4. The van der Waals surface area contributed by atoms with Crippen molar-refractivity contribution in [3.05, 3.63) is 35.6 Å². The molecule has 88 valence electrons. The molecule has 1 aliphatic carbocycles. The standard InChI is InChI=1S/C13H18FNO/c14-13-4-2-1-3-12(13)11(7-15)9-16-8-10-5-6-10/h1-4,10-11H,5-9,15H2. The van der Waals surface area contributed by atoms with Gasteiger partial charge in [0.25, 0.3) is 0 Å². The smallest absolute Gasteiger partial charge is 0.126 e. The van der Waals surface area contributed by atoms with Crippen LogP contribution in [0.1, 0.15) is 24.3 Å². The number of rotatable bonds is 6. The Labute approximate surface area is 95.6 Å². The monoisotopic (exact) mass is 223 g/mol. The maximum atomic E-state index is 13.5. The van der Waals surface area contributed by atoms with Gasteiger partial charge in [-0.15, -0.1) is 0 Å². The molecule has 0 bridgehead atoms. The Morgan fingerprint density at radius 2 is 2.12 bits per heavy atom. The molecule has 1 atom stereocenters. The van der Waals surface area contributed by atoms with E-state index in [0.717, 1.165) is 12.5 Å². The molecule has 1 aromatic carbocycles. The van der Waals surface area contributed by atoms with Crippen molar-refractivity contribution < 1.29 is 9.13 Å². The fourth-order valence-corrected chi connectivity index (χ4v) is 1.75. The summed E-state index contributed by atoms with van der Waals surface area (Å²) >= 11 is 0. The minimum atomic E-state index is -0.187. The van der Waals surface area contributed by atoms with E-state index in [0.29, 0.717) is 18.7 Å². The summed E-state index contributed by atoms with van der Waals surface area (Å²) in [4.78, 5) is 0. The van der Waals surface area contributed by atoms with E-state index < -0.39 is 0 Å². The molecule has 0 heterocycles. The second-order valence-corrected chi connectivity index (χ2v) is 4.43. The second kappa shape index (κ2) is 5.41. The first-order chi connectivity index (χ1) is 7.81. The van der Waals surface area contributed by atoms with Crippen LogP contribution in [0, 0.1) is 11.7 Å². The molecule has 0 aromatic heterocycles. The number of hydrogen-bond donors (Lipinski definition) is 1. The van der Waals surface area contributed by atoms with Crippen LogP contribution in [0.2, 0.25) is 0 Å². The lowest BCUT2D eigenvalue weighted by atomic mass is 10.00. The largest absolute Gasteiger partial charge is 0.380 e. The SMILES string of the molecule is NCC(COCC1CC1)c1ccccc1F. The van der Waals surface area contributed by atoms with Gasteiger partial charge in [-0.05, 0) is 30.4 Å². The van der Waals surface area contributed by atoms with E-state index >= 15 is 0 Å². The molecule has 16 heavy (non-hydrogen) atoms. The zero-order valence-corrected chi connectivity index (χ0v) is 9.36. The van der Waals surface area contributed by atoms with E-state index in [1.54, 1.807) is 12.1 Å². The van der Waals surface area contributed by atoms with Gasteiger partial charge in [-0.2, -0.15) is 0 Å². The predicted octanol–water partition coefficient (Wildman–Crippen LogP) is 2.29. The fourth-order valence-electron chi connectivity index (χ4n) is 1.75. The molecule has 3 heteroatoms. The fraction of sp³-hybridized carbons (Fsp3) is 0.538. The van der Waals surface area contributed by atoms with Gasteiger partial charge in [-0.25, -0.2) is 4.39 Å². The molecule has 1 aliphatic rings. The Morgan fingerprint density at radius 1 is 1.38 bits per heavy atom. The Balaban J connectivity index is 1.90. The van der Waals surface area contributed by atoms with Crippen LogP contribution >= 0.6 is 0 Å². The second-order valence-electron chi connectivity index (χ2n) is 4.43. The minimum Gasteiger partial charge on any atom is -0.380 e. The zero-order valence-electron chi connectivity index (χ0n) is 9.36. The van der Waals surface area contributed by atoms with Crippen molar-refractivity contribution in [2.24, 2.45) is 11.7 Å². The predicted molar refractivity (Wildman–Crippen MR) is 61.7 cm³/mol. The van der Waals surface area contributed by atoms with E-state index in [1.807, 2.05) is 6.07 Å². The maximum absolute atomic E-state index is 13.5. The Hall–Kier alpha value is -0.930. The van der Waals surface area contributed by atoms with E-state index in [2.05, 4.69) is 0 Å². The summed E-state index contributed by atoms with van der Waals surface area (Å²) in [6.07, 6.45) is 2.54. The highest BCUT2D eigenvalue weighted by Gasteiger charge is 2.22. The number of nitrogens with two attached hydrogens (primary N) is 1. The van der Waals surface area contributed by atoms with Gasteiger partial charge in [0, 0.05) is 19.1 Å². The van der Waals surface area contributed by atoms with Gasteiger partial charge < -0.3 is 10.5 Å². The van der Waals surface area contributed by atoms with Crippen molar-refractivity contribution in [3.63, 3.8) is 0 Å². The average molecular weight is 223 g/mol. The van der Waals surface area contributed by atoms with E-state index in [1.165, 1.54) is 18.9 Å². The van der Waals surface area contributed by atoms with Crippen LogP contribution in [-0.4, -0.2) is 19.8 Å². The first-order valence-corrected chi connectivity index (χ1v) is 5.83. The molecule has 2 rings (SSSR count). The molecule has 0 saturated heterocycles. The lowest BCUT2D eigenvalue weighted by Crippen LogP contribution is -2.19. The lowest BCUT2D eigenvalue weighted by molar-refractivity contribution is 0.111. The van der Waals surface area contributed by atoms with E-state index in [-0.39, 0.29) is 11.7 Å². The quantitative estimate of drug-likeness (QED) is 0.803.